The summed E-state index contributed by atoms with van der Waals surface area (Å²) in [6, 6.07) is 0. The van der Waals surface area contributed by atoms with E-state index in [4.69, 9.17) is 13.3 Å². The molecule has 0 spiro atoms. The van der Waals surface area contributed by atoms with Gasteiger partial charge >= 0.3 is 9.53 Å². The van der Waals surface area contributed by atoms with E-state index in [-0.39, 0.29) is 0 Å². The highest BCUT2D eigenvalue weighted by Gasteiger charge is 2.04. The number of hydrogen-bond acceptors (Lipinski definition) is 3. The molecule has 56 valence electrons. The Hall–Kier alpha value is -0.163. The van der Waals surface area contributed by atoms with Gasteiger partial charge in [0.05, 0.1) is 0 Å². The maximum atomic E-state index is 4.74. The fourth-order valence-corrected chi connectivity index (χ4v) is 0.866. The predicted molar refractivity (Wildman–Crippen MR) is 39.4 cm³/mol. The van der Waals surface area contributed by atoms with Crippen LogP contribution in [0.15, 0.2) is 13.2 Å². The van der Waals surface area contributed by atoms with E-state index in [9.17, 15) is 0 Å². The number of rotatable bonds is 3. The average molecular weight is 150 g/mol. The Morgan fingerprint density at radius 1 is 0.889 bits per heavy atom. The predicted octanol–water partition coefficient (Wildman–Crippen LogP) is 0.445. The molecule has 4 heteroatoms. The van der Waals surface area contributed by atoms with Gasteiger partial charge in [-0.05, 0) is 0 Å². The van der Waals surface area contributed by atoms with Crippen molar-refractivity contribution in [2.24, 2.45) is 0 Å². The smallest absolute Gasteiger partial charge is 0.379 e. The largest absolute Gasteiger partial charge is 0.483 e. The molecule has 0 saturated heterocycles. The van der Waals surface area contributed by atoms with Crippen molar-refractivity contribution in [3.05, 3.63) is 13.2 Å². The molecule has 0 aromatic carbocycles. The van der Waals surface area contributed by atoms with Crippen LogP contribution in [0.3, 0.4) is 0 Å². The minimum absolute atomic E-state index is 1.57. The molecule has 0 N–H and O–H groups in total. The van der Waals surface area contributed by atoms with Gasteiger partial charge in [-0.2, -0.15) is 0 Å². The first-order valence-electron chi connectivity index (χ1n) is 2.43. The van der Waals surface area contributed by atoms with Crippen molar-refractivity contribution < 1.29 is 13.3 Å². The Bertz CT molecular complexity index is 42.0. The van der Waals surface area contributed by atoms with Crippen molar-refractivity contribution in [3.8, 4) is 0 Å². The van der Waals surface area contributed by atoms with Crippen LogP contribution < -0.4 is 0 Å². The molecule has 0 aromatic heterocycles. The highest BCUT2D eigenvalue weighted by atomic mass is 28.3. The monoisotopic (exact) mass is 150 g/mol. The standard InChI is InChI=1S/C3H10O3Si.C2H4/c1-4-7(5-2)6-3;1-2/h7H,1-3H3;1-2H2. The zero-order valence-corrected chi connectivity index (χ0v) is 7.37. The van der Waals surface area contributed by atoms with Crippen LogP contribution in [0.5, 0.6) is 0 Å². The molecular weight excluding hydrogens is 136 g/mol. The molecule has 0 aliphatic heterocycles. The van der Waals surface area contributed by atoms with Crippen molar-refractivity contribution >= 4 is 9.53 Å². The molecule has 0 amide bonds. The van der Waals surface area contributed by atoms with Crippen LogP contribution in [-0.4, -0.2) is 30.9 Å². The molecule has 0 aliphatic carbocycles. The first-order valence-corrected chi connectivity index (χ1v) is 3.85. The topological polar surface area (TPSA) is 27.7 Å². The zero-order valence-electron chi connectivity index (χ0n) is 6.22. The van der Waals surface area contributed by atoms with Gasteiger partial charge in [0.2, 0.25) is 0 Å². The van der Waals surface area contributed by atoms with Crippen LogP contribution in [-0.2, 0) is 13.3 Å². The molecule has 0 bridgehead atoms. The second-order valence-electron chi connectivity index (χ2n) is 0.996. The second kappa shape index (κ2) is 10.8. The molecule has 3 nitrogen and oxygen atoms in total. The summed E-state index contributed by atoms with van der Waals surface area (Å²) in [5.74, 6) is 0. The van der Waals surface area contributed by atoms with E-state index in [2.05, 4.69) is 13.2 Å². The van der Waals surface area contributed by atoms with Gasteiger partial charge in [0.25, 0.3) is 0 Å². The molecule has 0 saturated carbocycles. The lowest BCUT2D eigenvalue weighted by Gasteiger charge is -2.05. The summed E-state index contributed by atoms with van der Waals surface area (Å²) >= 11 is 0. The van der Waals surface area contributed by atoms with Gasteiger partial charge in [0.15, 0.2) is 0 Å². The lowest BCUT2D eigenvalue weighted by atomic mass is 11.3. The molecule has 0 rings (SSSR count). The SMILES string of the molecule is C=C.CO[SiH](OC)OC. The zero-order chi connectivity index (χ0) is 7.70. The molecule has 0 aromatic rings. The van der Waals surface area contributed by atoms with E-state index in [0.29, 0.717) is 0 Å². The van der Waals surface area contributed by atoms with Crippen LogP contribution in [0, 0.1) is 0 Å². The second-order valence-corrected chi connectivity index (χ2v) is 2.99. The Morgan fingerprint density at radius 3 is 1.11 bits per heavy atom. The first-order chi connectivity index (χ1) is 4.35. The minimum Gasteiger partial charge on any atom is -0.379 e. The lowest BCUT2D eigenvalue weighted by molar-refractivity contribution is 0.163. The van der Waals surface area contributed by atoms with Gasteiger partial charge in [0.1, 0.15) is 0 Å². The van der Waals surface area contributed by atoms with Crippen molar-refractivity contribution in [1.29, 1.82) is 0 Å². The molecule has 0 aliphatic rings. The Labute approximate surface area is 58.2 Å². The Balaban J connectivity index is 0. The van der Waals surface area contributed by atoms with E-state index in [0.717, 1.165) is 0 Å². The van der Waals surface area contributed by atoms with Crippen LogP contribution in [0.2, 0.25) is 0 Å². The lowest BCUT2D eigenvalue weighted by Crippen LogP contribution is -2.21. The Kier molecular flexibility index (Phi) is 13.9. The van der Waals surface area contributed by atoms with Gasteiger partial charge in [-0.3, -0.25) is 0 Å². The normalized spacial score (nSPS) is 8.44. The van der Waals surface area contributed by atoms with E-state index in [1.54, 1.807) is 21.3 Å². The van der Waals surface area contributed by atoms with Crippen LogP contribution in [0.25, 0.3) is 0 Å². The summed E-state index contributed by atoms with van der Waals surface area (Å²) < 4.78 is 14.2. The third-order valence-corrected chi connectivity index (χ3v) is 1.73. The van der Waals surface area contributed by atoms with Gasteiger partial charge in [0, 0.05) is 21.3 Å². The van der Waals surface area contributed by atoms with Crippen LogP contribution in [0.1, 0.15) is 0 Å². The van der Waals surface area contributed by atoms with Gasteiger partial charge in [-0.15, -0.1) is 13.2 Å². The minimum atomic E-state index is -1.67. The van der Waals surface area contributed by atoms with Crippen molar-refractivity contribution in [2.45, 2.75) is 0 Å². The van der Waals surface area contributed by atoms with Gasteiger partial charge in [-0.1, -0.05) is 0 Å². The van der Waals surface area contributed by atoms with Gasteiger partial charge < -0.3 is 13.3 Å². The molecule has 0 radical (unpaired) electrons. The summed E-state index contributed by atoms with van der Waals surface area (Å²) in [5, 5.41) is 0. The fraction of sp³-hybridized carbons (Fsp3) is 0.600. The number of hydrogen-bond donors (Lipinski definition) is 0. The molecule has 0 unspecified atom stereocenters. The van der Waals surface area contributed by atoms with Crippen LogP contribution in [0.4, 0.5) is 0 Å². The van der Waals surface area contributed by atoms with Crippen molar-refractivity contribution in [1.82, 2.24) is 0 Å². The molecular formula is C5H14O3Si. The Morgan fingerprint density at radius 2 is 1.11 bits per heavy atom. The summed E-state index contributed by atoms with van der Waals surface area (Å²) in [5.41, 5.74) is 0. The van der Waals surface area contributed by atoms with Crippen molar-refractivity contribution in [2.75, 3.05) is 21.3 Å². The highest BCUT2D eigenvalue weighted by Crippen LogP contribution is 1.81. The van der Waals surface area contributed by atoms with Crippen LogP contribution >= 0.6 is 0 Å². The average Bonchev–Trinajstić information content (AvgIpc) is 1.96. The van der Waals surface area contributed by atoms with E-state index in [1.165, 1.54) is 0 Å². The maximum Gasteiger partial charge on any atom is 0.483 e. The summed E-state index contributed by atoms with van der Waals surface area (Å²) in [7, 11) is 3.05. The third-order valence-electron chi connectivity index (χ3n) is 0.577. The summed E-state index contributed by atoms with van der Waals surface area (Å²) in [4.78, 5) is 0. The molecule has 9 heavy (non-hydrogen) atoms. The fourth-order valence-electron chi connectivity index (χ4n) is 0.289. The maximum absolute atomic E-state index is 4.74. The third kappa shape index (κ3) is 7.84. The summed E-state index contributed by atoms with van der Waals surface area (Å²) in [6.45, 7) is 6.00. The van der Waals surface area contributed by atoms with E-state index in [1.807, 2.05) is 0 Å². The van der Waals surface area contributed by atoms with Gasteiger partial charge in [-0.25, -0.2) is 0 Å². The van der Waals surface area contributed by atoms with E-state index < -0.39 is 9.53 Å². The molecule has 0 fully saturated rings. The van der Waals surface area contributed by atoms with Crippen molar-refractivity contribution in [3.63, 3.8) is 0 Å². The highest BCUT2D eigenvalue weighted by molar-refractivity contribution is 6.36. The van der Waals surface area contributed by atoms with E-state index >= 15 is 0 Å². The molecule has 0 atom stereocenters. The first kappa shape index (κ1) is 11.6. The summed E-state index contributed by atoms with van der Waals surface area (Å²) in [6.07, 6.45) is 0. The molecule has 0 heterocycles. The quantitative estimate of drug-likeness (QED) is 0.432.